The molecular formula is C107H121N5O7S2. The summed E-state index contributed by atoms with van der Waals surface area (Å²) < 4.78 is 39.2. The number of thiazole rings is 2. The van der Waals surface area contributed by atoms with Crippen LogP contribution in [-0.2, 0) is 6.42 Å². The lowest BCUT2D eigenvalue weighted by molar-refractivity contribution is 0.601. The molecule has 1 aliphatic carbocycles. The van der Waals surface area contributed by atoms with E-state index in [-0.39, 0.29) is 7.43 Å². The molecule has 14 heteroatoms. The number of hydrogen-bond donors (Lipinski definition) is 0. The van der Waals surface area contributed by atoms with E-state index >= 15 is 0 Å². The topological polar surface area (TPSA) is 156 Å². The average Bonchev–Trinajstić information content (AvgIpc) is 1.79. The monoisotopic (exact) mass is 1650 g/mol. The van der Waals surface area contributed by atoms with Gasteiger partial charge in [-0.25, -0.2) is 24.9 Å². The van der Waals surface area contributed by atoms with Crippen LogP contribution in [0.25, 0.3) is 104 Å². The molecular weight excluding hydrogens is 1530 g/mol. The largest absolute Gasteiger partial charge is 0.464 e. The Morgan fingerprint density at radius 2 is 0.562 bits per heavy atom. The van der Waals surface area contributed by atoms with Crippen LogP contribution >= 0.6 is 22.7 Å². The van der Waals surface area contributed by atoms with Crippen LogP contribution in [0.15, 0.2) is 299 Å². The van der Waals surface area contributed by atoms with Crippen LogP contribution in [-0.4, -0.2) is 24.9 Å². The zero-order valence-corrected chi connectivity index (χ0v) is 75.0. The molecule has 12 nitrogen and oxygen atoms in total. The van der Waals surface area contributed by atoms with E-state index in [0.29, 0.717) is 59.2 Å². The molecule has 0 N–H and O–H groups in total. The Morgan fingerprint density at radius 3 is 1.02 bits per heavy atom. The highest BCUT2D eigenvalue weighted by Crippen LogP contribution is 2.31. The van der Waals surface area contributed by atoms with E-state index in [1.165, 1.54) is 117 Å². The molecule has 0 amide bonds. The fourth-order valence-electron chi connectivity index (χ4n) is 13.1. The minimum absolute atomic E-state index is 0. The first-order chi connectivity index (χ1) is 57.7. The van der Waals surface area contributed by atoms with Crippen molar-refractivity contribution in [3.63, 3.8) is 0 Å². The summed E-state index contributed by atoms with van der Waals surface area (Å²) in [5.41, 5.74) is 31.8. The Labute approximate surface area is 723 Å². The van der Waals surface area contributed by atoms with Crippen LogP contribution < -0.4 is 0 Å². The van der Waals surface area contributed by atoms with Crippen molar-refractivity contribution in [2.45, 2.75) is 212 Å². The van der Waals surface area contributed by atoms with Gasteiger partial charge in [-0.15, -0.1) is 22.7 Å². The van der Waals surface area contributed by atoms with Crippen molar-refractivity contribution in [1.29, 1.82) is 0 Å². The third kappa shape index (κ3) is 25.7. The van der Waals surface area contributed by atoms with Gasteiger partial charge in [0.2, 0.25) is 0 Å². The third-order valence-electron chi connectivity index (χ3n) is 21.2. The standard InChI is InChI=1S/C12H14.4C11H12O.3C10H11NO.2C10H11NS.CH4/c1-9(2)11-7-6-10-4-3-5-12(10)8-11;2*1-8(2)9-3-4-11-10(7-9)5-6-12-11;2*1-8(2)10-4-3-9-5-6-12-11(9)7-10;1-7(2)8-3-4-10-9(5-8)11-6-12-10;2*1-7(2)8-3-4-9-10(5-8)12-6-11-9;1-7(2)8-3-4-10-9(5-8)11-6-12-10;1-7(2)8-3-4-9-10(5-8)12-6-11-9;/h3,5-9H,4H2,1-2H3;4*3-8H,1-2H3;5*3-7H,1-2H3;1H4. The Kier molecular flexibility index (Phi) is 33.3. The predicted molar refractivity (Wildman–Crippen MR) is 513 cm³/mol. The number of furan rings is 4. The number of benzene rings is 10. The molecule has 9 heterocycles. The lowest BCUT2D eigenvalue weighted by Crippen LogP contribution is -1.89. The zero-order valence-electron chi connectivity index (χ0n) is 73.4. The molecule has 0 bridgehead atoms. The minimum atomic E-state index is 0. The number of aromatic nitrogens is 5. The normalized spacial score (nSPS) is 11.4. The van der Waals surface area contributed by atoms with Gasteiger partial charge >= 0.3 is 0 Å². The molecule has 1 aliphatic rings. The molecule has 0 spiro atoms. The van der Waals surface area contributed by atoms with Gasteiger partial charge < -0.3 is 30.9 Å². The van der Waals surface area contributed by atoms with Crippen molar-refractivity contribution in [2.24, 2.45) is 0 Å². The summed E-state index contributed by atoms with van der Waals surface area (Å²) in [4.78, 5) is 20.7. The van der Waals surface area contributed by atoms with E-state index in [0.717, 1.165) is 73.1 Å². The van der Waals surface area contributed by atoms with E-state index in [2.05, 4.69) is 315 Å². The summed E-state index contributed by atoms with van der Waals surface area (Å²) in [7, 11) is 0. The van der Waals surface area contributed by atoms with Crippen molar-refractivity contribution in [3.05, 3.63) is 334 Å². The Hall–Kier alpha value is -11.7. The molecule has 0 fully saturated rings. The number of fused-ring (bicyclic) bond motifs is 10. The summed E-state index contributed by atoms with van der Waals surface area (Å²) in [5.74, 6) is 5.79. The van der Waals surface area contributed by atoms with E-state index in [9.17, 15) is 0 Å². The summed E-state index contributed by atoms with van der Waals surface area (Å²) in [6.45, 7) is 43.8. The molecule has 0 atom stereocenters. The van der Waals surface area contributed by atoms with Gasteiger partial charge in [-0.3, -0.25) is 0 Å². The van der Waals surface area contributed by atoms with Crippen LogP contribution in [0.1, 0.15) is 272 Å². The highest BCUT2D eigenvalue weighted by atomic mass is 32.1. The molecule has 19 aromatic rings. The first-order valence-electron chi connectivity index (χ1n) is 42.1. The highest BCUT2D eigenvalue weighted by Gasteiger charge is 2.12. The van der Waals surface area contributed by atoms with Crippen LogP contribution in [0.3, 0.4) is 0 Å². The van der Waals surface area contributed by atoms with Gasteiger partial charge in [0.1, 0.15) is 38.9 Å². The van der Waals surface area contributed by atoms with Crippen molar-refractivity contribution < 1.29 is 30.9 Å². The fourth-order valence-corrected chi connectivity index (χ4v) is 14.5. The quantitative estimate of drug-likeness (QED) is 0.128. The van der Waals surface area contributed by atoms with Gasteiger partial charge in [0.05, 0.1) is 56.5 Å². The van der Waals surface area contributed by atoms with Crippen LogP contribution in [0.4, 0.5) is 0 Å². The second-order valence-electron chi connectivity index (χ2n) is 33.4. The number of allylic oxidation sites excluding steroid dienone is 1. The van der Waals surface area contributed by atoms with Gasteiger partial charge in [0.15, 0.2) is 35.9 Å². The first-order valence-corrected chi connectivity index (χ1v) is 43.8. The molecule has 0 radical (unpaired) electrons. The maximum absolute atomic E-state index is 5.31. The van der Waals surface area contributed by atoms with Crippen LogP contribution in [0.2, 0.25) is 0 Å². The summed E-state index contributed by atoms with van der Waals surface area (Å²) in [6.07, 6.45) is 16.9. The zero-order chi connectivity index (χ0) is 85.5. The van der Waals surface area contributed by atoms with Gasteiger partial charge in [0.25, 0.3) is 0 Å². The number of oxazole rings is 3. The second kappa shape index (κ2) is 44.0. The Morgan fingerprint density at radius 1 is 0.240 bits per heavy atom. The van der Waals surface area contributed by atoms with Gasteiger partial charge in [-0.05, 0) is 254 Å². The molecule has 0 saturated carbocycles. The number of nitrogens with zero attached hydrogens (tertiary/aromatic N) is 5. The lowest BCUT2D eigenvalue weighted by Gasteiger charge is -2.07. The molecule has 10 aromatic carbocycles. The van der Waals surface area contributed by atoms with Crippen molar-refractivity contribution in [1.82, 2.24) is 24.9 Å². The van der Waals surface area contributed by atoms with Gasteiger partial charge in [0, 0.05) is 21.5 Å². The summed E-state index contributed by atoms with van der Waals surface area (Å²) in [5, 5.41) is 4.75. The van der Waals surface area contributed by atoms with Crippen molar-refractivity contribution >= 4 is 126 Å². The smallest absolute Gasteiger partial charge is 0.181 e. The van der Waals surface area contributed by atoms with Gasteiger partial charge in [-0.1, -0.05) is 243 Å². The van der Waals surface area contributed by atoms with Crippen LogP contribution in [0.5, 0.6) is 0 Å². The molecule has 0 aliphatic heterocycles. The Bertz CT molecular complexity index is 5260. The second-order valence-corrected chi connectivity index (χ2v) is 35.2. The molecule has 20 rings (SSSR count). The average molecular weight is 1650 g/mol. The molecule has 121 heavy (non-hydrogen) atoms. The number of rotatable bonds is 10. The first kappa shape index (κ1) is 91.6. The summed E-state index contributed by atoms with van der Waals surface area (Å²) >= 11 is 3.40. The van der Waals surface area contributed by atoms with E-state index in [1.807, 2.05) is 77.8 Å². The van der Waals surface area contributed by atoms with E-state index in [1.54, 1.807) is 47.7 Å². The SMILES string of the molecule is C.CC(C)c1ccc2c(c1)C=CC2.CC(C)c1ccc2ccoc2c1.CC(C)c1ccc2ccoc2c1.CC(C)c1ccc2ncoc2c1.CC(C)c1ccc2ncoc2c1.CC(C)c1ccc2ncsc2c1.CC(C)c1ccc2occc2c1.CC(C)c1ccc2occc2c1.CC(C)c1ccc2ocnc2c1.CC(C)c1ccc2scnc2c1. The number of hydrogen-bond acceptors (Lipinski definition) is 14. The maximum atomic E-state index is 5.31. The highest BCUT2D eigenvalue weighted by molar-refractivity contribution is 7.17. The summed E-state index contributed by atoms with van der Waals surface area (Å²) in [6, 6.07) is 71.6. The Balaban J connectivity index is 0.000000141. The molecule has 628 valence electrons. The minimum Gasteiger partial charge on any atom is -0.464 e. The fraction of sp³-hybridized carbons (Fsp3) is 0.299. The van der Waals surface area contributed by atoms with Crippen LogP contribution in [0, 0.1) is 0 Å². The third-order valence-corrected chi connectivity index (χ3v) is 22.8. The molecule has 9 aromatic heterocycles. The van der Waals surface area contributed by atoms with Crippen molar-refractivity contribution in [3.8, 4) is 0 Å². The van der Waals surface area contributed by atoms with E-state index in [4.69, 9.17) is 30.9 Å². The molecule has 0 unspecified atom stereocenters. The predicted octanol–water partition coefficient (Wildman–Crippen LogP) is 33.9. The van der Waals surface area contributed by atoms with E-state index < -0.39 is 0 Å². The molecule has 0 saturated heterocycles. The lowest BCUT2D eigenvalue weighted by atomic mass is 9.99. The van der Waals surface area contributed by atoms with Gasteiger partial charge in [-0.2, -0.15) is 0 Å². The van der Waals surface area contributed by atoms with Crippen molar-refractivity contribution in [2.75, 3.05) is 0 Å². The maximum Gasteiger partial charge on any atom is 0.181 e.